The summed E-state index contributed by atoms with van der Waals surface area (Å²) in [6.45, 7) is 0. The predicted molar refractivity (Wildman–Crippen MR) is 69.1 cm³/mol. The highest BCUT2D eigenvalue weighted by atomic mass is 32.1. The van der Waals surface area contributed by atoms with Gasteiger partial charge in [0.15, 0.2) is 0 Å². The van der Waals surface area contributed by atoms with Crippen LogP contribution < -0.4 is 4.87 Å². The SMILES string of the molecule is O=c1sc2ccccc2n1-c1ccc(O)cc1. The van der Waals surface area contributed by atoms with E-state index in [4.69, 9.17) is 0 Å². The number of aromatic nitrogens is 1. The third-order valence-electron chi connectivity index (χ3n) is 2.59. The Labute approximate surface area is 101 Å². The Morgan fingerprint density at radius 3 is 2.47 bits per heavy atom. The van der Waals surface area contributed by atoms with Crippen molar-refractivity contribution in [1.82, 2.24) is 4.57 Å². The largest absolute Gasteiger partial charge is 0.508 e. The minimum Gasteiger partial charge on any atom is -0.508 e. The van der Waals surface area contributed by atoms with Crippen LogP contribution in [0.5, 0.6) is 5.75 Å². The van der Waals surface area contributed by atoms with Crippen LogP contribution in [0.2, 0.25) is 0 Å². The normalized spacial score (nSPS) is 10.8. The molecule has 0 spiro atoms. The highest BCUT2D eigenvalue weighted by Crippen LogP contribution is 2.21. The molecule has 0 aliphatic heterocycles. The van der Waals surface area contributed by atoms with Crippen LogP contribution in [0, 0.1) is 0 Å². The highest BCUT2D eigenvalue weighted by Gasteiger charge is 2.08. The van der Waals surface area contributed by atoms with E-state index in [1.807, 2.05) is 24.3 Å². The van der Waals surface area contributed by atoms with Crippen LogP contribution in [0.25, 0.3) is 15.9 Å². The van der Waals surface area contributed by atoms with E-state index in [1.54, 1.807) is 28.8 Å². The Bertz CT molecular complexity index is 725. The number of phenols is 1. The van der Waals surface area contributed by atoms with E-state index in [1.165, 1.54) is 11.3 Å². The second-order valence-electron chi connectivity index (χ2n) is 3.69. The smallest absolute Gasteiger partial charge is 0.312 e. The standard InChI is InChI=1S/C13H9NO2S/c15-10-7-5-9(6-8-10)14-11-3-1-2-4-12(11)17-13(14)16/h1-8,15H. The molecule has 0 aliphatic carbocycles. The van der Waals surface area contributed by atoms with Crippen molar-refractivity contribution in [1.29, 1.82) is 0 Å². The summed E-state index contributed by atoms with van der Waals surface area (Å²) in [5, 5.41) is 9.25. The van der Waals surface area contributed by atoms with Crippen molar-refractivity contribution in [3.63, 3.8) is 0 Å². The fourth-order valence-corrected chi connectivity index (χ4v) is 2.71. The van der Waals surface area contributed by atoms with Crippen LogP contribution in [-0.4, -0.2) is 9.67 Å². The molecular weight excluding hydrogens is 234 g/mol. The second kappa shape index (κ2) is 3.75. The predicted octanol–water partition coefficient (Wildman–Crippen LogP) is 2.76. The first-order chi connectivity index (χ1) is 8.25. The minimum atomic E-state index is -0.0168. The van der Waals surface area contributed by atoms with E-state index in [2.05, 4.69) is 0 Å². The van der Waals surface area contributed by atoms with Gasteiger partial charge in [0.25, 0.3) is 0 Å². The van der Waals surface area contributed by atoms with Crippen molar-refractivity contribution >= 4 is 21.6 Å². The van der Waals surface area contributed by atoms with E-state index >= 15 is 0 Å². The number of para-hydroxylation sites is 1. The van der Waals surface area contributed by atoms with Crippen molar-refractivity contribution in [3.05, 3.63) is 58.2 Å². The summed E-state index contributed by atoms with van der Waals surface area (Å²) in [7, 11) is 0. The molecule has 1 heterocycles. The van der Waals surface area contributed by atoms with Gasteiger partial charge in [0, 0.05) is 0 Å². The van der Waals surface area contributed by atoms with Crippen molar-refractivity contribution in [2.24, 2.45) is 0 Å². The summed E-state index contributed by atoms with van der Waals surface area (Å²) in [5.74, 6) is 0.196. The lowest BCUT2D eigenvalue weighted by molar-refractivity contribution is 0.475. The van der Waals surface area contributed by atoms with E-state index in [0.717, 1.165) is 15.9 Å². The molecule has 0 unspecified atom stereocenters. The number of benzene rings is 2. The number of aromatic hydroxyl groups is 1. The first-order valence-electron chi connectivity index (χ1n) is 5.16. The number of thiazole rings is 1. The van der Waals surface area contributed by atoms with Gasteiger partial charge in [0.1, 0.15) is 5.75 Å². The Hall–Kier alpha value is -2.07. The first-order valence-corrected chi connectivity index (χ1v) is 5.97. The zero-order valence-electron chi connectivity index (χ0n) is 8.83. The summed E-state index contributed by atoms with van der Waals surface area (Å²) in [5.41, 5.74) is 1.67. The van der Waals surface area contributed by atoms with E-state index in [-0.39, 0.29) is 10.6 Å². The molecule has 3 rings (SSSR count). The van der Waals surface area contributed by atoms with Crippen molar-refractivity contribution in [2.45, 2.75) is 0 Å². The van der Waals surface area contributed by atoms with Gasteiger partial charge in [-0.15, -0.1) is 0 Å². The molecule has 0 fully saturated rings. The van der Waals surface area contributed by atoms with Crippen LogP contribution in [0.15, 0.2) is 53.3 Å². The van der Waals surface area contributed by atoms with Gasteiger partial charge in [-0.25, -0.2) is 0 Å². The van der Waals surface area contributed by atoms with Crippen molar-refractivity contribution < 1.29 is 5.11 Å². The van der Waals surface area contributed by atoms with Gasteiger partial charge in [-0.2, -0.15) is 0 Å². The van der Waals surface area contributed by atoms with Gasteiger partial charge >= 0.3 is 4.87 Å². The molecule has 17 heavy (non-hydrogen) atoms. The molecule has 0 amide bonds. The molecule has 0 aliphatic rings. The van der Waals surface area contributed by atoms with Crippen molar-refractivity contribution in [3.8, 4) is 11.4 Å². The van der Waals surface area contributed by atoms with Crippen LogP contribution in [0.1, 0.15) is 0 Å². The fraction of sp³-hybridized carbons (Fsp3) is 0. The summed E-state index contributed by atoms with van der Waals surface area (Å²) >= 11 is 1.22. The molecule has 3 nitrogen and oxygen atoms in total. The lowest BCUT2D eigenvalue weighted by Crippen LogP contribution is -2.09. The molecule has 4 heteroatoms. The molecule has 0 saturated heterocycles. The third-order valence-corrected chi connectivity index (χ3v) is 3.52. The first kappa shape index (κ1) is 10.1. The molecule has 84 valence electrons. The highest BCUT2D eigenvalue weighted by molar-refractivity contribution is 7.16. The Kier molecular flexibility index (Phi) is 2.23. The second-order valence-corrected chi connectivity index (χ2v) is 4.68. The van der Waals surface area contributed by atoms with Gasteiger partial charge in [-0.3, -0.25) is 9.36 Å². The van der Waals surface area contributed by atoms with Crippen molar-refractivity contribution in [2.75, 3.05) is 0 Å². The molecule has 0 radical (unpaired) electrons. The van der Waals surface area contributed by atoms with Crippen LogP contribution >= 0.6 is 11.3 Å². The zero-order valence-corrected chi connectivity index (χ0v) is 9.65. The van der Waals surface area contributed by atoms with Crippen LogP contribution in [-0.2, 0) is 0 Å². The number of phenolic OH excluding ortho intramolecular Hbond substituents is 1. The molecular formula is C13H9NO2S. The summed E-state index contributed by atoms with van der Waals surface area (Å²) in [4.78, 5) is 11.9. The lowest BCUT2D eigenvalue weighted by Gasteiger charge is -2.03. The number of fused-ring (bicyclic) bond motifs is 1. The van der Waals surface area contributed by atoms with E-state index < -0.39 is 0 Å². The molecule has 1 N–H and O–H groups in total. The van der Waals surface area contributed by atoms with Gasteiger partial charge < -0.3 is 5.11 Å². The number of hydrogen-bond acceptors (Lipinski definition) is 3. The topological polar surface area (TPSA) is 42.2 Å². The van der Waals surface area contributed by atoms with E-state index in [0.29, 0.717) is 0 Å². The maximum absolute atomic E-state index is 11.9. The van der Waals surface area contributed by atoms with Gasteiger partial charge in [-0.05, 0) is 36.4 Å². The average molecular weight is 243 g/mol. The summed E-state index contributed by atoms with van der Waals surface area (Å²) in [6.07, 6.45) is 0. The monoisotopic (exact) mass is 243 g/mol. The zero-order chi connectivity index (χ0) is 11.8. The fourth-order valence-electron chi connectivity index (χ4n) is 1.81. The Morgan fingerprint density at radius 1 is 1.00 bits per heavy atom. The number of nitrogens with zero attached hydrogens (tertiary/aromatic N) is 1. The molecule has 3 aromatic rings. The quantitative estimate of drug-likeness (QED) is 0.714. The van der Waals surface area contributed by atoms with Gasteiger partial charge in [-0.1, -0.05) is 23.5 Å². The molecule has 2 aromatic carbocycles. The molecule has 0 bridgehead atoms. The average Bonchev–Trinajstić information content (AvgIpc) is 2.66. The molecule has 1 aromatic heterocycles. The lowest BCUT2D eigenvalue weighted by atomic mass is 10.3. The number of rotatable bonds is 1. The van der Waals surface area contributed by atoms with Gasteiger partial charge in [0.05, 0.1) is 15.9 Å². The maximum atomic E-state index is 11.9. The molecule has 0 saturated carbocycles. The third kappa shape index (κ3) is 1.62. The Morgan fingerprint density at radius 2 is 1.71 bits per heavy atom. The van der Waals surface area contributed by atoms with Crippen LogP contribution in [0.4, 0.5) is 0 Å². The van der Waals surface area contributed by atoms with Crippen LogP contribution in [0.3, 0.4) is 0 Å². The van der Waals surface area contributed by atoms with E-state index in [9.17, 15) is 9.90 Å². The summed E-state index contributed by atoms with van der Waals surface area (Å²) < 4.78 is 2.62. The summed E-state index contributed by atoms with van der Waals surface area (Å²) in [6, 6.07) is 14.3. The maximum Gasteiger partial charge on any atom is 0.312 e. The number of hydrogen-bond donors (Lipinski definition) is 1. The van der Waals surface area contributed by atoms with Gasteiger partial charge in [0.2, 0.25) is 0 Å². The molecule has 0 atom stereocenters. The Balaban J connectivity index is 2.33. The minimum absolute atomic E-state index is 0.0168.